The van der Waals surface area contributed by atoms with Gasteiger partial charge in [-0.15, -0.1) is 0 Å². The normalized spacial score (nSPS) is 12.5. The van der Waals surface area contributed by atoms with E-state index in [0.717, 1.165) is 12.1 Å². The summed E-state index contributed by atoms with van der Waals surface area (Å²) in [6.07, 6.45) is -3.40. The number of nitrogens with one attached hydrogen (secondary N) is 1. The number of alkyl halides is 3. The van der Waals surface area contributed by atoms with Crippen LogP contribution in [0.3, 0.4) is 0 Å². The Labute approximate surface area is 170 Å². The van der Waals surface area contributed by atoms with Crippen LogP contribution < -0.4 is 9.67 Å². The number of hydrogen-bond acceptors (Lipinski definition) is 5. The number of amides is 1. The van der Waals surface area contributed by atoms with E-state index in [1.165, 1.54) is 19.4 Å². The van der Waals surface area contributed by atoms with E-state index < -0.39 is 50.3 Å². The number of halogens is 4. The Balaban J connectivity index is 2.45. The van der Waals surface area contributed by atoms with Crippen LogP contribution in [0.15, 0.2) is 35.4 Å². The molecule has 0 radical (unpaired) electrons. The number of ether oxygens (including phenoxy) is 1. The first-order chi connectivity index (χ1) is 13.0. The topological polar surface area (TPSA) is 85.4 Å². The number of methoxy groups -OCH3 is 1. The second-order valence-electron chi connectivity index (χ2n) is 5.59. The van der Waals surface area contributed by atoms with Gasteiger partial charge in [-0.25, -0.2) is 0 Å². The van der Waals surface area contributed by atoms with Gasteiger partial charge < -0.3 is 0 Å². The van der Waals surface area contributed by atoms with Crippen LogP contribution in [0, 0.1) is 6.92 Å². The minimum absolute atomic E-state index is 0.101. The Morgan fingerprint density at radius 2 is 2.00 bits per heavy atom. The van der Waals surface area contributed by atoms with Crippen molar-refractivity contribution in [2.75, 3.05) is 13.8 Å². The molecule has 0 fully saturated rings. The Hall–Kier alpha value is -1.61. The predicted octanol–water partition coefficient (Wildman–Crippen LogP) is 1.85. The summed E-state index contributed by atoms with van der Waals surface area (Å²) in [6.45, 7) is 1.56. The molecule has 152 valence electrons. The van der Waals surface area contributed by atoms with Gasteiger partial charge in [-0.05, 0) is 0 Å². The van der Waals surface area contributed by atoms with Crippen LogP contribution in [0.4, 0.5) is 13.2 Å². The first kappa shape index (κ1) is 22.7. The molecule has 28 heavy (non-hydrogen) atoms. The molecule has 0 aliphatic heterocycles. The molecule has 0 saturated carbocycles. The van der Waals surface area contributed by atoms with Gasteiger partial charge in [0.2, 0.25) is 0 Å². The fourth-order valence-electron chi connectivity index (χ4n) is 2.14. The molecule has 12 heteroatoms. The van der Waals surface area contributed by atoms with Gasteiger partial charge in [0.25, 0.3) is 0 Å². The molecule has 0 aliphatic carbocycles. The van der Waals surface area contributed by atoms with Crippen LogP contribution in [0.1, 0.15) is 21.6 Å². The zero-order chi connectivity index (χ0) is 21.1. The van der Waals surface area contributed by atoms with Crippen molar-refractivity contribution in [3.8, 4) is 0 Å². The number of carbonyl (C=O) groups is 1. The molecular formula is C16H15AsClF3N2O4S. The third-order valence-corrected chi connectivity index (χ3v) is 10.5. The molecule has 0 saturated heterocycles. The molecule has 1 aromatic heterocycles. The van der Waals surface area contributed by atoms with E-state index in [-0.39, 0.29) is 16.8 Å². The predicted molar refractivity (Wildman–Crippen MR) is 98.7 cm³/mol. The molecule has 2 rings (SSSR count). The van der Waals surface area contributed by atoms with Crippen LogP contribution >= 0.6 is 11.6 Å². The number of aromatic nitrogens is 1. The molecule has 1 amide bonds. The zero-order valence-corrected chi connectivity index (χ0v) is 18.3. The van der Waals surface area contributed by atoms with Crippen LogP contribution in [-0.4, -0.2) is 47.7 Å². The van der Waals surface area contributed by atoms with Gasteiger partial charge in [-0.1, -0.05) is 0 Å². The summed E-state index contributed by atoms with van der Waals surface area (Å²) in [5.74, 6) is -0.636. The summed E-state index contributed by atoms with van der Waals surface area (Å²) in [6, 6.07) is 3.91. The molecular weight excluding hydrogens is 484 g/mol. The average molecular weight is 499 g/mol. The van der Waals surface area contributed by atoms with Crippen LogP contribution in [0.25, 0.3) is 0 Å². The van der Waals surface area contributed by atoms with Crippen molar-refractivity contribution in [1.29, 1.82) is 0 Å². The second kappa shape index (κ2) is 8.82. The van der Waals surface area contributed by atoms with E-state index in [9.17, 15) is 26.4 Å². The number of aryl methyl sites for hydroxylation is 1. The molecule has 2 aromatic rings. The summed E-state index contributed by atoms with van der Waals surface area (Å²) in [4.78, 5) is 15.7. The van der Waals surface area contributed by atoms with Gasteiger partial charge in [0.05, 0.1) is 0 Å². The van der Waals surface area contributed by atoms with Crippen LogP contribution in [-0.2, 0) is 19.0 Å². The van der Waals surface area contributed by atoms with Gasteiger partial charge in [0, 0.05) is 0 Å². The van der Waals surface area contributed by atoms with E-state index in [0.29, 0.717) is 11.6 Å². The first-order valence-electron chi connectivity index (χ1n) is 7.59. The van der Waals surface area contributed by atoms with Crippen molar-refractivity contribution in [3.63, 3.8) is 0 Å². The zero-order valence-electron chi connectivity index (χ0n) is 14.6. The summed E-state index contributed by atoms with van der Waals surface area (Å²) < 4.78 is 69.5. The van der Waals surface area contributed by atoms with Gasteiger partial charge in [-0.2, -0.15) is 0 Å². The third kappa shape index (κ3) is 5.47. The summed E-state index contributed by atoms with van der Waals surface area (Å²) >= 11 is 3.43. The van der Waals surface area contributed by atoms with Gasteiger partial charge >= 0.3 is 170 Å². The second-order valence-corrected chi connectivity index (χ2v) is 13.5. The average Bonchev–Trinajstić information content (AvgIpc) is 2.58. The van der Waals surface area contributed by atoms with Gasteiger partial charge in [0.1, 0.15) is 0 Å². The molecule has 0 aliphatic rings. The number of nitrogens with zero attached hydrogens (tertiary/aromatic N) is 1. The van der Waals surface area contributed by atoms with Crippen molar-refractivity contribution >= 4 is 44.6 Å². The minimum atomic E-state index is -4.79. The monoisotopic (exact) mass is 498 g/mol. The quantitative estimate of drug-likeness (QED) is 0.485. The van der Waals surface area contributed by atoms with Gasteiger partial charge in [0.15, 0.2) is 0 Å². The van der Waals surface area contributed by atoms with E-state index in [1.54, 1.807) is 6.92 Å². The van der Waals surface area contributed by atoms with Crippen LogP contribution in [0.2, 0.25) is 5.02 Å². The maximum atomic E-state index is 13.0. The summed E-state index contributed by atoms with van der Waals surface area (Å²) in [7, 11) is -2.73. The van der Waals surface area contributed by atoms with Crippen molar-refractivity contribution in [2.24, 2.45) is 0 Å². The fourth-order valence-corrected chi connectivity index (χ4v) is 8.64. The molecule has 6 nitrogen and oxygen atoms in total. The van der Waals surface area contributed by atoms with E-state index in [4.69, 9.17) is 16.3 Å². The molecule has 1 atom stereocenters. The van der Waals surface area contributed by atoms with E-state index in [1.807, 2.05) is 0 Å². The molecule has 1 unspecified atom stereocenters. The van der Waals surface area contributed by atoms with E-state index >= 15 is 0 Å². The third-order valence-electron chi connectivity index (χ3n) is 3.41. The number of benzene rings is 1. The first-order valence-corrected chi connectivity index (χ1v) is 13.1. The summed E-state index contributed by atoms with van der Waals surface area (Å²) in [5, 5.41) is 1.81. The van der Waals surface area contributed by atoms with Crippen molar-refractivity contribution < 1.29 is 31.1 Å². The van der Waals surface area contributed by atoms with Crippen molar-refractivity contribution in [2.45, 2.75) is 18.0 Å². The molecule has 0 bridgehead atoms. The molecule has 1 aromatic carbocycles. The Morgan fingerprint density at radius 1 is 1.32 bits per heavy atom. The van der Waals surface area contributed by atoms with E-state index in [2.05, 4.69) is 10.3 Å². The summed E-state index contributed by atoms with van der Waals surface area (Å²) in [5.41, 5.74) is -0.720. The van der Waals surface area contributed by atoms with Crippen molar-refractivity contribution in [3.05, 3.63) is 52.3 Å². The van der Waals surface area contributed by atoms with Crippen molar-refractivity contribution in [1.82, 2.24) is 10.3 Å². The fraction of sp³-hybridized carbons (Fsp3) is 0.250. The molecule has 1 heterocycles. The molecule has 0 spiro atoms. The Morgan fingerprint density at radius 3 is 2.61 bits per heavy atom. The maximum absolute atomic E-state index is 13.0. The Kier molecular flexibility index (Phi) is 7.14. The standard InChI is InChI=1S/C16H15AsClF3N2O4S/c1-9-5-12(14(22-7-9)15(24)23-8-27-2)17-28(25,26)10-3-4-13(18)11(6-10)16(19,20)21/h3-7,17H,8H2,1-2H3,(H,23,24). The SMILES string of the molecule is COCNC(=O)c1ncc(C)cc1[AsH]S(=O)(=O)c1ccc(Cl)c(C(F)(F)F)c1. The Bertz CT molecular complexity index is 1000. The molecule has 1 N–H and O–H groups in total. The number of hydrogen-bond donors (Lipinski definition) is 1. The number of rotatable bonds is 6. The number of pyridine rings is 1. The van der Waals surface area contributed by atoms with Crippen LogP contribution in [0.5, 0.6) is 0 Å². The van der Waals surface area contributed by atoms with Gasteiger partial charge in [-0.3, -0.25) is 0 Å². The number of carbonyl (C=O) groups excluding carboxylic acids is 1.